The van der Waals surface area contributed by atoms with Crippen LogP contribution in [0.1, 0.15) is 10.4 Å². The van der Waals surface area contributed by atoms with Crippen LogP contribution in [0.3, 0.4) is 0 Å². The molecule has 0 radical (unpaired) electrons. The molecule has 0 atom stereocenters. The van der Waals surface area contributed by atoms with E-state index in [4.69, 9.17) is 0 Å². The van der Waals surface area contributed by atoms with Crippen LogP contribution in [0.15, 0.2) is 53.7 Å². The fourth-order valence-corrected chi connectivity index (χ4v) is 3.20. The number of nitrogens with one attached hydrogen (secondary N) is 1. The van der Waals surface area contributed by atoms with Gasteiger partial charge in [-0.1, -0.05) is 30.0 Å². The molecule has 0 fully saturated rings. The van der Waals surface area contributed by atoms with Crippen LogP contribution in [-0.2, 0) is 16.6 Å². The summed E-state index contributed by atoms with van der Waals surface area (Å²) in [5, 5.41) is 11.2. The summed E-state index contributed by atoms with van der Waals surface area (Å²) in [6.45, 7) is 0. The molecule has 0 unspecified atom stereocenters. The standard InChI is InChI=1S/C19H17FN4O3S/c1-24-17(14-8-3-4-9-15(14)20)22-23-19(24)28-11-16(25)21-13-7-5-6-12(10-13)18(26)27-2/h3-10H,11H2,1-2H3,(H,21,25). The first-order valence-corrected chi connectivity index (χ1v) is 9.23. The molecule has 9 heteroatoms. The van der Waals surface area contributed by atoms with Crippen LogP contribution in [0.4, 0.5) is 10.1 Å². The summed E-state index contributed by atoms with van der Waals surface area (Å²) in [4.78, 5) is 23.8. The quantitative estimate of drug-likeness (QED) is 0.505. The van der Waals surface area contributed by atoms with E-state index in [-0.39, 0.29) is 11.7 Å². The van der Waals surface area contributed by atoms with E-state index in [0.717, 1.165) is 0 Å². The van der Waals surface area contributed by atoms with E-state index in [0.29, 0.717) is 27.8 Å². The Bertz CT molecular complexity index is 1020. The van der Waals surface area contributed by atoms with Crippen LogP contribution in [0, 0.1) is 5.82 Å². The average molecular weight is 400 g/mol. The smallest absolute Gasteiger partial charge is 0.337 e. The van der Waals surface area contributed by atoms with Crippen molar-refractivity contribution in [2.24, 2.45) is 7.05 Å². The number of carbonyl (C=O) groups excluding carboxylic acids is 2. The van der Waals surface area contributed by atoms with Gasteiger partial charge in [0, 0.05) is 12.7 Å². The largest absolute Gasteiger partial charge is 0.465 e. The predicted molar refractivity (Wildman–Crippen MR) is 104 cm³/mol. The highest BCUT2D eigenvalue weighted by molar-refractivity contribution is 7.99. The molecule has 0 bridgehead atoms. The van der Waals surface area contributed by atoms with Gasteiger partial charge in [-0.2, -0.15) is 0 Å². The number of aromatic nitrogens is 3. The Hall–Kier alpha value is -3.20. The molecule has 1 aromatic heterocycles. The number of amides is 1. The first kappa shape index (κ1) is 19.6. The second-order valence-corrected chi connectivity index (χ2v) is 6.70. The van der Waals surface area contributed by atoms with E-state index in [9.17, 15) is 14.0 Å². The van der Waals surface area contributed by atoms with Gasteiger partial charge in [0.15, 0.2) is 11.0 Å². The van der Waals surface area contributed by atoms with Crippen molar-refractivity contribution >= 4 is 29.3 Å². The summed E-state index contributed by atoms with van der Waals surface area (Å²) in [6, 6.07) is 12.8. The van der Waals surface area contributed by atoms with Crippen molar-refractivity contribution < 1.29 is 18.7 Å². The normalized spacial score (nSPS) is 10.5. The number of rotatable bonds is 6. The van der Waals surface area contributed by atoms with Gasteiger partial charge in [0.1, 0.15) is 5.82 Å². The minimum atomic E-state index is -0.481. The lowest BCUT2D eigenvalue weighted by Gasteiger charge is -2.07. The number of benzene rings is 2. The second kappa shape index (κ2) is 8.66. The van der Waals surface area contributed by atoms with Crippen molar-refractivity contribution in [1.82, 2.24) is 14.8 Å². The maximum absolute atomic E-state index is 14.0. The third kappa shape index (κ3) is 4.37. The van der Waals surface area contributed by atoms with E-state index in [1.54, 1.807) is 48.0 Å². The topological polar surface area (TPSA) is 86.1 Å². The third-order valence-electron chi connectivity index (χ3n) is 3.85. The van der Waals surface area contributed by atoms with E-state index in [1.165, 1.54) is 31.0 Å². The Balaban J connectivity index is 1.64. The van der Waals surface area contributed by atoms with Gasteiger partial charge in [0.25, 0.3) is 0 Å². The fraction of sp³-hybridized carbons (Fsp3) is 0.158. The predicted octanol–water partition coefficient (Wildman–Crippen LogP) is 3.14. The van der Waals surface area contributed by atoms with Gasteiger partial charge in [-0.25, -0.2) is 9.18 Å². The number of thioether (sulfide) groups is 1. The van der Waals surface area contributed by atoms with Gasteiger partial charge < -0.3 is 14.6 Å². The lowest BCUT2D eigenvalue weighted by Crippen LogP contribution is -2.15. The van der Waals surface area contributed by atoms with Crippen molar-refractivity contribution in [2.75, 3.05) is 18.2 Å². The van der Waals surface area contributed by atoms with Gasteiger partial charge in [-0.05, 0) is 30.3 Å². The maximum Gasteiger partial charge on any atom is 0.337 e. The van der Waals surface area contributed by atoms with Crippen LogP contribution < -0.4 is 5.32 Å². The molecular weight excluding hydrogens is 383 g/mol. The van der Waals surface area contributed by atoms with Crippen LogP contribution in [0.5, 0.6) is 0 Å². The van der Waals surface area contributed by atoms with Gasteiger partial charge in [0.05, 0.1) is 24.0 Å². The first-order valence-electron chi connectivity index (χ1n) is 8.25. The Morgan fingerprint density at radius 3 is 2.71 bits per heavy atom. The van der Waals surface area contributed by atoms with Gasteiger partial charge in [0.2, 0.25) is 5.91 Å². The molecule has 1 N–H and O–H groups in total. The number of nitrogens with zero attached hydrogens (tertiary/aromatic N) is 3. The molecule has 3 rings (SSSR count). The molecule has 0 aliphatic rings. The van der Waals surface area contributed by atoms with Crippen molar-refractivity contribution in [3.05, 3.63) is 59.9 Å². The summed E-state index contributed by atoms with van der Waals surface area (Å²) >= 11 is 1.17. The van der Waals surface area contributed by atoms with Crippen LogP contribution in [0.2, 0.25) is 0 Å². The van der Waals surface area contributed by atoms with E-state index in [2.05, 4.69) is 20.3 Å². The Morgan fingerprint density at radius 1 is 1.18 bits per heavy atom. The molecule has 28 heavy (non-hydrogen) atoms. The summed E-state index contributed by atoms with van der Waals surface area (Å²) in [5.41, 5.74) is 1.17. The lowest BCUT2D eigenvalue weighted by atomic mass is 10.2. The molecule has 1 amide bonds. The van der Waals surface area contributed by atoms with Gasteiger partial charge in [-0.15, -0.1) is 10.2 Å². The molecule has 144 valence electrons. The van der Waals surface area contributed by atoms with Gasteiger partial charge >= 0.3 is 5.97 Å². The van der Waals surface area contributed by atoms with E-state index in [1.807, 2.05) is 0 Å². The lowest BCUT2D eigenvalue weighted by molar-refractivity contribution is -0.113. The van der Waals surface area contributed by atoms with Crippen LogP contribution in [0.25, 0.3) is 11.4 Å². The molecule has 3 aromatic rings. The van der Waals surface area contributed by atoms with Crippen molar-refractivity contribution in [2.45, 2.75) is 5.16 Å². The number of ether oxygens (including phenoxy) is 1. The summed E-state index contributed by atoms with van der Waals surface area (Å²) < 4.78 is 20.2. The number of methoxy groups -OCH3 is 1. The molecule has 0 spiro atoms. The number of anilines is 1. The zero-order valence-electron chi connectivity index (χ0n) is 15.2. The summed E-state index contributed by atoms with van der Waals surface area (Å²) in [6.07, 6.45) is 0. The number of esters is 1. The molecule has 0 saturated carbocycles. The SMILES string of the molecule is COC(=O)c1cccc(NC(=O)CSc2nnc(-c3ccccc3F)n2C)c1. The molecule has 0 saturated heterocycles. The number of halogens is 1. The zero-order valence-corrected chi connectivity index (χ0v) is 16.0. The molecule has 0 aliphatic carbocycles. The van der Waals surface area contributed by atoms with Crippen molar-refractivity contribution in [3.63, 3.8) is 0 Å². The monoisotopic (exact) mass is 400 g/mol. The Kier molecular flexibility index (Phi) is 6.05. The molecule has 7 nitrogen and oxygen atoms in total. The second-order valence-electron chi connectivity index (χ2n) is 5.75. The number of hydrogen-bond acceptors (Lipinski definition) is 6. The van der Waals surface area contributed by atoms with Crippen molar-refractivity contribution in [3.8, 4) is 11.4 Å². The first-order chi connectivity index (χ1) is 13.5. The van der Waals surface area contributed by atoms with Gasteiger partial charge in [-0.3, -0.25) is 4.79 Å². The molecular formula is C19H17FN4O3S. The van der Waals surface area contributed by atoms with E-state index >= 15 is 0 Å². The Labute approximate surface area is 164 Å². The molecule has 1 heterocycles. The third-order valence-corrected chi connectivity index (χ3v) is 4.87. The minimum Gasteiger partial charge on any atom is -0.465 e. The zero-order chi connectivity index (χ0) is 20.1. The summed E-state index contributed by atoms with van der Waals surface area (Å²) in [7, 11) is 3.00. The minimum absolute atomic E-state index is 0.0751. The van der Waals surface area contributed by atoms with Crippen LogP contribution >= 0.6 is 11.8 Å². The average Bonchev–Trinajstić information content (AvgIpc) is 3.06. The Morgan fingerprint density at radius 2 is 1.96 bits per heavy atom. The maximum atomic E-state index is 14.0. The highest BCUT2D eigenvalue weighted by atomic mass is 32.2. The van der Waals surface area contributed by atoms with Crippen molar-refractivity contribution in [1.29, 1.82) is 0 Å². The van der Waals surface area contributed by atoms with Crippen LogP contribution in [-0.4, -0.2) is 39.5 Å². The number of carbonyl (C=O) groups is 2. The highest BCUT2D eigenvalue weighted by Crippen LogP contribution is 2.24. The highest BCUT2D eigenvalue weighted by Gasteiger charge is 2.15. The molecule has 2 aromatic carbocycles. The fourth-order valence-electron chi connectivity index (χ4n) is 2.49. The molecule has 0 aliphatic heterocycles. The number of hydrogen-bond donors (Lipinski definition) is 1. The van der Waals surface area contributed by atoms with E-state index < -0.39 is 11.8 Å². The summed E-state index contributed by atoms with van der Waals surface area (Å²) in [5.74, 6) is -0.691.